The van der Waals surface area contributed by atoms with Crippen molar-refractivity contribution in [2.45, 2.75) is 6.18 Å². The predicted octanol–water partition coefficient (Wildman–Crippen LogP) is 2.84. The van der Waals surface area contributed by atoms with Gasteiger partial charge >= 0.3 is 6.18 Å². The molecule has 0 aliphatic rings. The van der Waals surface area contributed by atoms with Crippen LogP contribution in [0.5, 0.6) is 0 Å². The van der Waals surface area contributed by atoms with Crippen LogP contribution in [0.3, 0.4) is 0 Å². The Balaban J connectivity index is 2.86. The van der Waals surface area contributed by atoms with Gasteiger partial charge in [-0.3, -0.25) is 4.98 Å². The van der Waals surface area contributed by atoms with Gasteiger partial charge in [-0.15, -0.1) is 0 Å². The molecular weight excluding hydrogens is 205 g/mol. The number of fused-ring (bicyclic) bond motifs is 1. The van der Waals surface area contributed by atoms with Gasteiger partial charge in [0.2, 0.25) is 0 Å². The summed E-state index contributed by atoms with van der Waals surface area (Å²) in [4.78, 5) is 3.67. The Bertz CT molecular complexity index is 505. The quantitative estimate of drug-likeness (QED) is 0.682. The molecule has 2 N–H and O–H groups in total. The summed E-state index contributed by atoms with van der Waals surface area (Å²) < 4.78 is 38.0. The second kappa shape index (κ2) is 3.12. The van der Waals surface area contributed by atoms with Crippen LogP contribution >= 0.6 is 0 Å². The minimum atomic E-state index is -4.45. The summed E-state index contributed by atoms with van der Waals surface area (Å²) in [5, 5.41) is 0.511. The van der Waals surface area contributed by atoms with Gasteiger partial charge in [0.25, 0.3) is 0 Å². The zero-order valence-electron chi connectivity index (χ0n) is 7.55. The van der Waals surface area contributed by atoms with E-state index in [9.17, 15) is 13.2 Å². The van der Waals surface area contributed by atoms with E-state index in [1.807, 2.05) is 0 Å². The van der Waals surface area contributed by atoms with Gasteiger partial charge in [0.1, 0.15) is 0 Å². The van der Waals surface area contributed by atoms with Crippen molar-refractivity contribution < 1.29 is 13.2 Å². The van der Waals surface area contributed by atoms with Gasteiger partial charge in [-0.1, -0.05) is 6.07 Å². The first-order chi connectivity index (χ1) is 7.00. The Morgan fingerprint density at radius 1 is 1.13 bits per heavy atom. The molecule has 0 radical (unpaired) electrons. The highest BCUT2D eigenvalue weighted by atomic mass is 19.4. The largest absolute Gasteiger partial charge is 0.419 e. The Labute approximate surface area is 83.5 Å². The number of nitrogens with two attached hydrogens (primary N) is 1. The van der Waals surface area contributed by atoms with Crippen LogP contribution in [-0.4, -0.2) is 4.98 Å². The lowest BCUT2D eigenvalue weighted by Gasteiger charge is -2.12. The smallest absolute Gasteiger partial charge is 0.398 e. The molecule has 1 aromatic heterocycles. The van der Waals surface area contributed by atoms with Crippen molar-refractivity contribution in [2.75, 3.05) is 5.73 Å². The van der Waals surface area contributed by atoms with E-state index in [0.717, 1.165) is 0 Å². The van der Waals surface area contributed by atoms with Crippen molar-refractivity contribution in [3.8, 4) is 0 Å². The number of aromatic nitrogens is 1. The molecule has 0 aliphatic heterocycles. The first-order valence-corrected chi connectivity index (χ1v) is 4.19. The Morgan fingerprint density at radius 2 is 1.87 bits per heavy atom. The van der Waals surface area contributed by atoms with Crippen molar-refractivity contribution in [1.29, 1.82) is 0 Å². The molecule has 0 atom stereocenters. The molecule has 0 spiro atoms. The van der Waals surface area contributed by atoms with Crippen LogP contribution in [-0.2, 0) is 6.18 Å². The molecule has 0 amide bonds. The highest BCUT2D eigenvalue weighted by molar-refractivity contribution is 5.89. The Hall–Kier alpha value is -1.78. The average molecular weight is 212 g/mol. The Morgan fingerprint density at radius 3 is 2.53 bits per heavy atom. The Kier molecular flexibility index (Phi) is 2.03. The summed E-state index contributed by atoms with van der Waals surface area (Å²) in [5.74, 6) is 0. The third kappa shape index (κ3) is 1.60. The van der Waals surface area contributed by atoms with E-state index in [1.165, 1.54) is 24.5 Å². The molecule has 1 aromatic carbocycles. The van der Waals surface area contributed by atoms with Crippen LogP contribution in [0, 0.1) is 0 Å². The van der Waals surface area contributed by atoms with Crippen LogP contribution in [0.1, 0.15) is 5.56 Å². The fraction of sp³-hybridized carbons (Fsp3) is 0.100. The van der Waals surface area contributed by atoms with E-state index in [0.29, 0.717) is 5.39 Å². The SMILES string of the molecule is Nc1ccc2ccncc2c1C(F)(F)F. The number of benzene rings is 1. The van der Waals surface area contributed by atoms with Gasteiger partial charge in [-0.25, -0.2) is 0 Å². The van der Waals surface area contributed by atoms with Gasteiger partial charge in [0, 0.05) is 23.5 Å². The monoisotopic (exact) mass is 212 g/mol. The molecule has 0 saturated carbocycles. The fourth-order valence-corrected chi connectivity index (χ4v) is 1.49. The predicted molar refractivity (Wildman–Crippen MR) is 51.2 cm³/mol. The van der Waals surface area contributed by atoms with Crippen molar-refractivity contribution >= 4 is 16.5 Å². The van der Waals surface area contributed by atoms with Crippen molar-refractivity contribution in [2.24, 2.45) is 0 Å². The minimum Gasteiger partial charge on any atom is -0.398 e. The molecule has 5 heteroatoms. The van der Waals surface area contributed by atoms with Gasteiger partial charge in [0.15, 0.2) is 0 Å². The van der Waals surface area contributed by atoms with E-state index >= 15 is 0 Å². The van der Waals surface area contributed by atoms with Gasteiger partial charge in [-0.2, -0.15) is 13.2 Å². The van der Waals surface area contributed by atoms with Crippen LogP contribution in [0.4, 0.5) is 18.9 Å². The first kappa shape index (κ1) is 9.76. The standard InChI is InChI=1S/C10H7F3N2/c11-10(12,13)9-7-5-15-4-3-6(7)1-2-8(9)14/h1-5H,14H2. The second-order valence-electron chi connectivity index (χ2n) is 3.12. The minimum absolute atomic E-state index is 0.0324. The summed E-state index contributed by atoms with van der Waals surface area (Å²) in [6.07, 6.45) is -1.83. The fourth-order valence-electron chi connectivity index (χ4n) is 1.49. The summed E-state index contributed by atoms with van der Waals surface area (Å²) in [6, 6.07) is 4.32. The highest BCUT2D eigenvalue weighted by Gasteiger charge is 2.34. The molecule has 2 aromatic rings. The zero-order chi connectivity index (χ0) is 11.1. The van der Waals surface area contributed by atoms with Gasteiger partial charge in [0.05, 0.1) is 5.56 Å². The number of hydrogen-bond acceptors (Lipinski definition) is 2. The van der Waals surface area contributed by atoms with Gasteiger partial charge < -0.3 is 5.73 Å². The normalized spacial score (nSPS) is 11.9. The summed E-state index contributed by atoms with van der Waals surface area (Å²) >= 11 is 0. The maximum atomic E-state index is 12.7. The third-order valence-corrected chi connectivity index (χ3v) is 2.14. The lowest BCUT2D eigenvalue weighted by molar-refractivity contribution is -0.135. The van der Waals surface area contributed by atoms with E-state index in [2.05, 4.69) is 4.98 Å². The lowest BCUT2D eigenvalue weighted by atomic mass is 10.0. The topological polar surface area (TPSA) is 38.9 Å². The molecule has 78 valence electrons. The van der Waals surface area contributed by atoms with Crippen molar-refractivity contribution in [1.82, 2.24) is 4.98 Å². The molecular formula is C10H7F3N2. The number of nitrogens with zero attached hydrogens (tertiary/aromatic N) is 1. The number of alkyl halides is 3. The zero-order valence-corrected chi connectivity index (χ0v) is 7.55. The molecule has 2 rings (SSSR count). The maximum Gasteiger partial charge on any atom is 0.419 e. The molecule has 2 nitrogen and oxygen atoms in total. The number of halogens is 3. The molecule has 0 saturated heterocycles. The highest BCUT2D eigenvalue weighted by Crippen LogP contribution is 2.38. The molecule has 0 unspecified atom stereocenters. The van der Waals surface area contributed by atoms with E-state index < -0.39 is 11.7 Å². The van der Waals surface area contributed by atoms with Crippen LogP contribution in [0.15, 0.2) is 30.6 Å². The van der Waals surface area contributed by atoms with Gasteiger partial charge in [-0.05, 0) is 17.5 Å². The first-order valence-electron chi connectivity index (χ1n) is 4.19. The molecule has 0 aliphatic carbocycles. The molecule has 0 bridgehead atoms. The number of rotatable bonds is 0. The third-order valence-electron chi connectivity index (χ3n) is 2.14. The molecule has 1 heterocycles. The van der Waals surface area contributed by atoms with Crippen LogP contribution in [0.2, 0.25) is 0 Å². The molecule has 15 heavy (non-hydrogen) atoms. The number of hydrogen-bond donors (Lipinski definition) is 1. The van der Waals surface area contributed by atoms with Crippen LogP contribution < -0.4 is 5.73 Å². The summed E-state index contributed by atoms with van der Waals surface area (Å²) in [5.41, 5.74) is 4.24. The molecule has 0 fully saturated rings. The lowest BCUT2D eigenvalue weighted by Crippen LogP contribution is -2.09. The van der Waals surface area contributed by atoms with E-state index in [-0.39, 0.29) is 11.1 Å². The number of anilines is 1. The van der Waals surface area contributed by atoms with Crippen molar-refractivity contribution in [3.63, 3.8) is 0 Å². The van der Waals surface area contributed by atoms with Crippen LogP contribution in [0.25, 0.3) is 10.8 Å². The number of nitrogen functional groups attached to an aromatic ring is 1. The summed E-state index contributed by atoms with van der Waals surface area (Å²) in [7, 11) is 0. The second-order valence-corrected chi connectivity index (χ2v) is 3.12. The van der Waals surface area contributed by atoms with Crippen molar-refractivity contribution in [3.05, 3.63) is 36.2 Å². The average Bonchev–Trinajstić information content (AvgIpc) is 2.15. The summed E-state index contributed by atoms with van der Waals surface area (Å²) in [6.45, 7) is 0. The number of pyridine rings is 1. The maximum absolute atomic E-state index is 12.7. The van der Waals surface area contributed by atoms with E-state index in [1.54, 1.807) is 6.07 Å². The van der Waals surface area contributed by atoms with E-state index in [4.69, 9.17) is 5.73 Å².